The summed E-state index contributed by atoms with van der Waals surface area (Å²) in [5.74, 6) is 3.47. The van der Waals surface area contributed by atoms with Crippen molar-refractivity contribution in [2.24, 2.45) is 0 Å². The third-order valence-corrected chi connectivity index (χ3v) is 6.77. The smallest absolute Gasteiger partial charge is 0.163 e. The highest BCUT2D eigenvalue weighted by molar-refractivity contribution is 8.03. The predicted molar refractivity (Wildman–Crippen MR) is 86.8 cm³/mol. The molecular weight excluding hydrogens is 286 g/mol. The van der Waals surface area contributed by atoms with Crippen LogP contribution < -0.4 is 4.72 Å². The van der Waals surface area contributed by atoms with Crippen molar-refractivity contribution in [1.82, 2.24) is 0 Å². The zero-order chi connectivity index (χ0) is 15.1. The lowest BCUT2D eigenvalue weighted by molar-refractivity contribution is -0.139. The van der Waals surface area contributed by atoms with E-state index >= 15 is 0 Å². The van der Waals surface area contributed by atoms with E-state index in [4.69, 9.17) is 9.47 Å². The van der Waals surface area contributed by atoms with Crippen molar-refractivity contribution < 1.29 is 13.7 Å². The molecule has 1 aliphatic heterocycles. The van der Waals surface area contributed by atoms with Crippen LogP contribution in [-0.4, -0.2) is 33.3 Å². The van der Waals surface area contributed by atoms with E-state index in [9.17, 15) is 4.21 Å². The number of rotatable bonds is 5. The number of anilines is 1. The first-order valence-corrected chi connectivity index (χ1v) is 9.06. The van der Waals surface area contributed by atoms with Crippen LogP contribution in [0, 0.1) is 0 Å². The summed E-state index contributed by atoms with van der Waals surface area (Å²) in [6.45, 7) is 4.39. The normalized spacial score (nSPS) is 28.8. The average Bonchev–Trinajstić information content (AvgIpc) is 3.10. The van der Waals surface area contributed by atoms with Crippen LogP contribution in [-0.2, 0) is 19.2 Å². The van der Waals surface area contributed by atoms with Gasteiger partial charge in [-0.2, -0.15) is 0 Å². The zero-order valence-corrected chi connectivity index (χ0v) is 13.4. The monoisotopic (exact) mass is 309 g/mol. The van der Waals surface area contributed by atoms with E-state index in [1.807, 2.05) is 44.2 Å². The maximum Gasteiger partial charge on any atom is 0.163 e. The average molecular weight is 309 g/mol. The minimum absolute atomic E-state index is 0.00245. The topological polar surface area (TPSA) is 47.6 Å². The van der Waals surface area contributed by atoms with Crippen molar-refractivity contribution in [3.8, 4) is 0 Å². The molecule has 0 amide bonds. The Balaban J connectivity index is 1.70. The molecule has 0 radical (unpaired) electrons. The summed E-state index contributed by atoms with van der Waals surface area (Å²) in [5, 5.41) is 0. The largest absolute Gasteiger partial charge is 0.348 e. The lowest BCUT2D eigenvalue weighted by Gasteiger charge is -2.25. The van der Waals surface area contributed by atoms with Crippen molar-refractivity contribution in [3.63, 3.8) is 0 Å². The van der Waals surface area contributed by atoms with Gasteiger partial charge >= 0.3 is 0 Å². The maximum atomic E-state index is 13.1. The predicted octanol–water partition coefficient (Wildman–Crippen LogP) is 2.80. The Hall–Kier alpha value is -1.04. The fourth-order valence-electron chi connectivity index (χ4n) is 2.89. The van der Waals surface area contributed by atoms with Gasteiger partial charge in [-0.15, -0.1) is 0 Å². The summed E-state index contributed by atoms with van der Waals surface area (Å²) in [6.07, 6.45) is 2.59. The molecule has 1 N–H and O–H groups in total. The van der Waals surface area contributed by atoms with Crippen LogP contribution in [0.3, 0.4) is 0 Å². The fourth-order valence-corrected chi connectivity index (χ4v) is 4.84. The van der Waals surface area contributed by atoms with E-state index in [2.05, 4.69) is 10.6 Å². The van der Waals surface area contributed by atoms with Crippen LogP contribution >= 0.6 is 0 Å². The Bertz CT molecular complexity index is 606. The summed E-state index contributed by atoms with van der Waals surface area (Å²) in [6, 6.07) is 9.62. The molecule has 2 aliphatic rings. The SMILES string of the molecule is C=S(=O)(Nc1ccccc1)C1(CC2COC(C)(C)O2)CC1. The molecule has 1 saturated heterocycles. The molecule has 1 aromatic carbocycles. The Labute approximate surface area is 127 Å². The highest BCUT2D eigenvalue weighted by Gasteiger charge is 2.53. The molecule has 1 heterocycles. The standard InChI is InChI=1S/C16H23NO3S/c1-15(2)19-12-14(20-15)11-16(9-10-16)21(3,18)17-13-7-5-4-6-8-13/h4-8,14H,3,9-12H2,1-2H3,(H,17,18). The number of hydrogen-bond acceptors (Lipinski definition) is 3. The Morgan fingerprint density at radius 1 is 1.33 bits per heavy atom. The summed E-state index contributed by atoms with van der Waals surface area (Å²) in [4.78, 5) is 0. The molecule has 0 spiro atoms. The second kappa shape index (κ2) is 5.00. The number of para-hydroxylation sites is 1. The van der Waals surface area contributed by atoms with E-state index in [-0.39, 0.29) is 10.9 Å². The van der Waals surface area contributed by atoms with Crippen LogP contribution in [0.1, 0.15) is 33.1 Å². The Kier molecular flexibility index (Phi) is 3.55. The molecule has 3 rings (SSSR count). The Morgan fingerprint density at radius 3 is 2.52 bits per heavy atom. The molecule has 0 bridgehead atoms. The minimum Gasteiger partial charge on any atom is -0.348 e. The van der Waals surface area contributed by atoms with Gasteiger partial charge in [0.2, 0.25) is 0 Å². The van der Waals surface area contributed by atoms with Gasteiger partial charge in [0.15, 0.2) is 5.79 Å². The van der Waals surface area contributed by atoms with Gasteiger partial charge in [0.1, 0.15) is 0 Å². The summed E-state index contributed by atoms with van der Waals surface area (Å²) >= 11 is 0. The number of nitrogens with one attached hydrogen (secondary N) is 1. The molecule has 1 aliphatic carbocycles. The minimum atomic E-state index is -2.41. The summed E-state index contributed by atoms with van der Waals surface area (Å²) in [5.41, 5.74) is 0.854. The van der Waals surface area contributed by atoms with Gasteiger partial charge in [-0.1, -0.05) is 18.2 Å². The lowest BCUT2D eigenvalue weighted by Crippen LogP contribution is -2.34. The molecule has 4 nitrogen and oxygen atoms in total. The van der Waals surface area contributed by atoms with E-state index in [1.54, 1.807) is 0 Å². The molecule has 1 saturated carbocycles. The molecule has 1 aromatic rings. The van der Waals surface area contributed by atoms with Crippen LogP contribution in [0.5, 0.6) is 0 Å². The second-order valence-corrected chi connectivity index (χ2v) is 8.90. The van der Waals surface area contributed by atoms with Gasteiger partial charge in [0, 0.05) is 5.69 Å². The third kappa shape index (κ3) is 3.10. The first-order valence-electron chi connectivity index (χ1n) is 7.33. The first kappa shape index (κ1) is 14.9. The van der Waals surface area contributed by atoms with Gasteiger partial charge in [-0.25, -0.2) is 4.21 Å². The van der Waals surface area contributed by atoms with Crippen molar-refractivity contribution >= 4 is 21.3 Å². The molecule has 2 atom stereocenters. The van der Waals surface area contributed by atoms with Gasteiger partial charge in [0.05, 0.1) is 27.2 Å². The number of ether oxygens (including phenoxy) is 2. The molecular formula is C16H23NO3S. The number of benzene rings is 1. The molecule has 2 fully saturated rings. The van der Waals surface area contributed by atoms with Gasteiger partial charge < -0.3 is 14.2 Å². The maximum absolute atomic E-state index is 13.1. The quantitative estimate of drug-likeness (QED) is 0.851. The summed E-state index contributed by atoms with van der Waals surface area (Å²) in [7, 11) is -2.41. The van der Waals surface area contributed by atoms with Gasteiger partial charge in [0.25, 0.3) is 0 Å². The van der Waals surface area contributed by atoms with E-state index in [0.717, 1.165) is 24.9 Å². The third-order valence-electron chi connectivity index (χ3n) is 4.23. The van der Waals surface area contributed by atoms with Crippen molar-refractivity contribution in [1.29, 1.82) is 0 Å². The van der Waals surface area contributed by atoms with Crippen LogP contribution in [0.25, 0.3) is 0 Å². The van der Waals surface area contributed by atoms with E-state index in [1.165, 1.54) is 0 Å². The number of hydrogen-bond donors (Lipinski definition) is 1. The second-order valence-electron chi connectivity index (χ2n) is 6.48. The fraction of sp³-hybridized carbons (Fsp3) is 0.562. The van der Waals surface area contributed by atoms with Gasteiger partial charge in [-0.05, 0) is 51.1 Å². The van der Waals surface area contributed by atoms with Crippen LogP contribution in [0.4, 0.5) is 5.69 Å². The zero-order valence-electron chi connectivity index (χ0n) is 12.6. The molecule has 2 unspecified atom stereocenters. The summed E-state index contributed by atoms with van der Waals surface area (Å²) < 4.78 is 27.4. The van der Waals surface area contributed by atoms with Crippen molar-refractivity contribution in [2.45, 2.75) is 49.7 Å². The lowest BCUT2D eigenvalue weighted by atomic mass is 10.2. The molecule has 116 valence electrons. The van der Waals surface area contributed by atoms with Gasteiger partial charge in [-0.3, -0.25) is 0 Å². The highest BCUT2D eigenvalue weighted by atomic mass is 32.2. The van der Waals surface area contributed by atoms with Crippen LogP contribution in [0.2, 0.25) is 0 Å². The van der Waals surface area contributed by atoms with E-state index < -0.39 is 15.5 Å². The van der Waals surface area contributed by atoms with Crippen molar-refractivity contribution in [2.75, 3.05) is 11.3 Å². The molecule has 5 heteroatoms. The Morgan fingerprint density at radius 2 is 2.00 bits per heavy atom. The van der Waals surface area contributed by atoms with Crippen molar-refractivity contribution in [3.05, 3.63) is 30.3 Å². The highest BCUT2D eigenvalue weighted by Crippen LogP contribution is 2.49. The first-order chi connectivity index (χ1) is 9.82. The molecule has 21 heavy (non-hydrogen) atoms. The van der Waals surface area contributed by atoms with Crippen LogP contribution in [0.15, 0.2) is 30.3 Å². The molecule has 0 aromatic heterocycles. The van der Waals surface area contributed by atoms with E-state index in [0.29, 0.717) is 6.61 Å².